The summed E-state index contributed by atoms with van der Waals surface area (Å²) in [5, 5.41) is 3.07. The first-order valence-electron chi connectivity index (χ1n) is 4.68. The third-order valence-electron chi connectivity index (χ3n) is 2.16. The fourth-order valence-electron chi connectivity index (χ4n) is 1.32. The molecule has 0 fully saturated rings. The van der Waals surface area contributed by atoms with Crippen molar-refractivity contribution in [3.05, 3.63) is 29.8 Å². The van der Waals surface area contributed by atoms with Gasteiger partial charge >= 0.3 is 0 Å². The van der Waals surface area contributed by atoms with E-state index in [9.17, 15) is 8.42 Å². The molecule has 0 aromatic heterocycles. The van der Waals surface area contributed by atoms with Gasteiger partial charge in [-0.1, -0.05) is 18.2 Å². The van der Waals surface area contributed by atoms with Gasteiger partial charge in [0.1, 0.15) is 0 Å². The van der Waals surface area contributed by atoms with Gasteiger partial charge in [0.25, 0.3) is 0 Å². The molecule has 0 saturated heterocycles. The number of benzene rings is 1. The molecule has 4 nitrogen and oxygen atoms in total. The Labute approximate surface area is 90.8 Å². The van der Waals surface area contributed by atoms with Gasteiger partial charge in [0.05, 0.1) is 11.9 Å². The highest BCUT2D eigenvalue weighted by Crippen LogP contribution is 2.22. The van der Waals surface area contributed by atoms with E-state index >= 15 is 0 Å². The summed E-state index contributed by atoms with van der Waals surface area (Å²) in [6, 6.07) is 7.45. The number of sulfonamides is 1. The Morgan fingerprint density at radius 3 is 2.40 bits per heavy atom. The van der Waals surface area contributed by atoms with Crippen LogP contribution in [0.3, 0.4) is 0 Å². The lowest BCUT2D eigenvalue weighted by molar-refractivity contribution is 0.606. The molecule has 0 aliphatic heterocycles. The lowest BCUT2D eigenvalue weighted by Crippen LogP contribution is -2.17. The van der Waals surface area contributed by atoms with Crippen LogP contribution in [0.15, 0.2) is 24.3 Å². The van der Waals surface area contributed by atoms with Crippen LogP contribution in [0.5, 0.6) is 0 Å². The fraction of sp³-hybridized carbons (Fsp3) is 0.400. The summed E-state index contributed by atoms with van der Waals surface area (Å²) in [6.45, 7) is 1.97. The molecule has 5 heteroatoms. The maximum atomic E-state index is 11.1. The molecule has 1 rings (SSSR count). The fourth-order valence-corrected chi connectivity index (χ4v) is 1.91. The van der Waals surface area contributed by atoms with Gasteiger partial charge in [-0.3, -0.25) is 4.72 Å². The van der Waals surface area contributed by atoms with Gasteiger partial charge < -0.3 is 5.32 Å². The minimum atomic E-state index is -3.22. The lowest BCUT2D eigenvalue weighted by atomic mass is 10.1. The van der Waals surface area contributed by atoms with Crippen LogP contribution in [-0.2, 0) is 10.0 Å². The maximum Gasteiger partial charge on any atom is 0.229 e. The number of nitrogens with one attached hydrogen (secondary N) is 2. The Bertz CT molecular complexity index is 429. The third kappa shape index (κ3) is 3.53. The van der Waals surface area contributed by atoms with E-state index in [-0.39, 0.29) is 6.04 Å². The topological polar surface area (TPSA) is 58.2 Å². The zero-order valence-corrected chi connectivity index (χ0v) is 9.93. The Morgan fingerprint density at radius 1 is 1.27 bits per heavy atom. The van der Waals surface area contributed by atoms with Crippen molar-refractivity contribution < 1.29 is 8.42 Å². The number of rotatable bonds is 4. The van der Waals surface area contributed by atoms with E-state index in [0.717, 1.165) is 11.8 Å². The zero-order chi connectivity index (χ0) is 11.5. The van der Waals surface area contributed by atoms with Gasteiger partial charge in [0.15, 0.2) is 0 Å². The number of anilines is 1. The summed E-state index contributed by atoms with van der Waals surface area (Å²) in [5.74, 6) is 0. The molecular formula is C10H16N2O2S. The molecule has 0 amide bonds. The van der Waals surface area contributed by atoms with Crippen molar-refractivity contribution in [2.45, 2.75) is 13.0 Å². The van der Waals surface area contributed by atoms with Gasteiger partial charge in [0, 0.05) is 6.04 Å². The highest BCUT2D eigenvalue weighted by atomic mass is 32.2. The first kappa shape index (κ1) is 12.0. The monoisotopic (exact) mass is 228 g/mol. The van der Waals surface area contributed by atoms with Crippen molar-refractivity contribution in [1.82, 2.24) is 5.32 Å². The first-order valence-corrected chi connectivity index (χ1v) is 6.57. The Morgan fingerprint density at radius 2 is 1.87 bits per heavy atom. The molecule has 0 saturated carbocycles. The van der Waals surface area contributed by atoms with Crippen LogP contribution in [0.25, 0.3) is 0 Å². The molecule has 1 unspecified atom stereocenters. The smallest absolute Gasteiger partial charge is 0.229 e. The van der Waals surface area contributed by atoms with E-state index in [4.69, 9.17) is 0 Å². The Hall–Kier alpha value is -1.07. The van der Waals surface area contributed by atoms with Crippen LogP contribution >= 0.6 is 0 Å². The predicted molar refractivity (Wildman–Crippen MR) is 62.4 cm³/mol. The predicted octanol–water partition coefficient (Wildman–Crippen LogP) is 1.34. The summed E-state index contributed by atoms with van der Waals surface area (Å²) >= 11 is 0. The number of hydrogen-bond acceptors (Lipinski definition) is 3. The van der Waals surface area contributed by atoms with Gasteiger partial charge in [-0.25, -0.2) is 8.42 Å². The molecule has 0 radical (unpaired) electrons. The largest absolute Gasteiger partial charge is 0.313 e. The maximum absolute atomic E-state index is 11.1. The third-order valence-corrected chi connectivity index (χ3v) is 2.75. The molecular weight excluding hydrogens is 212 g/mol. The van der Waals surface area contributed by atoms with E-state index in [1.54, 1.807) is 12.1 Å². The Kier molecular flexibility index (Phi) is 3.71. The summed E-state index contributed by atoms with van der Waals surface area (Å²) in [6.07, 6.45) is 1.15. The second-order valence-corrected chi connectivity index (χ2v) is 5.22. The van der Waals surface area contributed by atoms with Crippen molar-refractivity contribution in [1.29, 1.82) is 0 Å². The van der Waals surface area contributed by atoms with Crippen LogP contribution in [-0.4, -0.2) is 21.7 Å². The lowest BCUT2D eigenvalue weighted by Gasteiger charge is -2.15. The molecule has 0 aliphatic carbocycles. The summed E-state index contributed by atoms with van der Waals surface area (Å²) < 4.78 is 24.8. The average molecular weight is 228 g/mol. The molecule has 0 heterocycles. The SMILES string of the molecule is CNC(C)c1ccccc1NS(C)(=O)=O. The molecule has 2 N–H and O–H groups in total. The average Bonchev–Trinajstić information content (AvgIpc) is 2.15. The molecule has 0 bridgehead atoms. The quantitative estimate of drug-likeness (QED) is 0.817. The Balaban J connectivity index is 3.07. The first-order chi connectivity index (χ1) is 6.94. The van der Waals surface area contributed by atoms with E-state index < -0.39 is 10.0 Å². The van der Waals surface area contributed by atoms with Gasteiger partial charge in [-0.05, 0) is 25.6 Å². The molecule has 0 aliphatic rings. The van der Waals surface area contributed by atoms with Gasteiger partial charge in [-0.2, -0.15) is 0 Å². The number of para-hydroxylation sites is 1. The minimum Gasteiger partial charge on any atom is -0.313 e. The van der Waals surface area contributed by atoms with Crippen molar-refractivity contribution >= 4 is 15.7 Å². The van der Waals surface area contributed by atoms with Gasteiger partial charge in [-0.15, -0.1) is 0 Å². The molecule has 1 atom stereocenters. The van der Waals surface area contributed by atoms with Gasteiger partial charge in [0.2, 0.25) is 10.0 Å². The zero-order valence-electron chi connectivity index (χ0n) is 9.11. The molecule has 84 valence electrons. The highest BCUT2D eigenvalue weighted by Gasteiger charge is 2.10. The second kappa shape index (κ2) is 4.63. The molecule has 15 heavy (non-hydrogen) atoms. The minimum absolute atomic E-state index is 0.107. The summed E-state index contributed by atoms with van der Waals surface area (Å²) in [5.41, 5.74) is 1.56. The van der Waals surface area contributed by atoms with Crippen LogP contribution in [0, 0.1) is 0 Å². The van der Waals surface area contributed by atoms with Crippen LogP contribution in [0.1, 0.15) is 18.5 Å². The highest BCUT2D eigenvalue weighted by molar-refractivity contribution is 7.92. The van der Waals surface area contributed by atoms with E-state index in [1.165, 1.54) is 0 Å². The number of hydrogen-bond donors (Lipinski definition) is 2. The van der Waals surface area contributed by atoms with Crippen molar-refractivity contribution in [3.8, 4) is 0 Å². The van der Waals surface area contributed by atoms with Crippen LogP contribution in [0.4, 0.5) is 5.69 Å². The molecule has 1 aromatic carbocycles. The van der Waals surface area contributed by atoms with E-state index in [1.807, 2.05) is 26.1 Å². The summed E-state index contributed by atoms with van der Waals surface area (Å²) in [7, 11) is -1.38. The second-order valence-electron chi connectivity index (χ2n) is 3.47. The summed E-state index contributed by atoms with van der Waals surface area (Å²) in [4.78, 5) is 0. The standard InChI is InChI=1S/C10H16N2O2S/c1-8(11-2)9-6-4-5-7-10(9)12-15(3,13)14/h4-8,11-12H,1-3H3. The van der Waals surface area contributed by atoms with E-state index in [0.29, 0.717) is 5.69 Å². The van der Waals surface area contributed by atoms with Crippen LogP contribution in [0.2, 0.25) is 0 Å². The molecule has 0 spiro atoms. The van der Waals surface area contributed by atoms with Crippen LogP contribution < -0.4 is 10.0 Å². The normalized spacial score (nSPS) is 13.5. The van der Waals surface area contributed by atoms with Crippen molar-refractivity contribution in [2.75, 3.05) is 18.0 Å². The van der Waals surface area contributed by atoms with E-state index in [2.05, 4.69) is 10.0 Å². The molecule has 1 aromatic rings. The van der Waals surface area contributed by atoms with Crippen molar-refractivity contribution in [3.63, 3.8) is 0 Å². The van der Waals surface area contributed by atoms with Crippen molar-refractivity contribution in [2.24, 2.45) is 0 Å².